The summed E-state index contributed by atoms with van der Waals surface area (Å²) in [6.07, 6.45) is 1.88. The minimum atomic E-state index is -0.0786. The molecule has 4 aromatic carbocycles. The monoisotopic (exact) mass is 591 g/mol. The van der Waals surface area contributed by atoms with Crippen LogP contribution in [0, 0.1) is 0 Å². The van der Waals surface area contributed by atoms with Gasteiger partial charge in [0, 0.05) is 29.1 Å². The second-order valence-electron chi connectivity index (χ2n) is 10.2. The molecule has 1 amide bonds. The number of para-hydroxylation sites is 1. The molecule has 0 spiro atoms. The van der Waals surface area contributed by atoms with Crippen molar-refractivity contribution in [3.05, 3.63) is 131 Å². The van der Waals surface area contributed by atoms with Gasteiger partial charge in [-0.2, -0.15) is 0 Å². The second-order valence-corrected chi connectivity index (χ2v) is 11.7. The predicted octanol–water partition coefficient (Wildman–Crippen LogP) is 7.65. The lowest BCUT2D eigenvalue weighted by atomic mass is 9.98. The van der Waals surface area contributed by atoms with Crippen LogP contribution in [0.3, 0.4) is 0 Å². The number of fused-ring (bicyclic) bond motifs is 3. The summed E-state index contributed by atoms with van der Waals surface area (Å²) in [6.45, 7) is 0.624. The van der Waals surface area contributed by atoms with Crippen molar-refractivity contribution in [1.82, 2.24) is 25.1 Å². The smallest absolute Gasteiger partial charge is 0.220 e. The van der Waals surface area contributed by atoms with Crippen molar-refractivity contribution in [2.45, 2.75) is 37.0 Å². The molecule has 42 heavy (non-hydrogen) atoms. The van der Waals surface area contributed by atoms with Crippen LogP contribution in [0.15, 0.2) is 114 Å². The van der Waals surface area contributed by atoms with Crippen molar-refractivity contribution >= 4 is 51.3 Å². The van der Waals surface area contributed by atoms with Gasteiger partial charge in [-0.3, -0.25) is 4.79 Å². The van der Waals surface area contributed by atoms with Crippen molar-refractivity contribution in [3.63, 3.8) is 0 Å². The molecule has 2 aromatic heterocycles. The fourth-order valence-corrected chi connectivity index (χ4v) is 6.11. The van der Waals surface area contributed by atoms with Crippen LogP contribution in [0.5, 0.6) is 0 Å². The van der Waals surface area contributed by atoms with Crippen LogP contribution in [0.4, 0.5) is 0 Å². The molecule has 8 heteroatoms. The average molecular weight is 592 g/mol. The third-order valence-electron chi connectivity index (χ3n) is 7.18. The Morgan fingerprint density at radius 1 is 0.857 bits per heavy atom. The highest BCUT2D eigenvalue weighted by Gasteiger charge is 2.17. The Morgan fingerprint density at radius 2 is 1.60 bits per heavy atom. The van der Waals surface area contributed by atoms with Gasteiger partial charge >= 0.3 is 0 Å². The molecule has 0 aliphatic rings. The zero-order valence-corrected chi connectivity index (χ0v) is 24.6. The Kier molecular flexibility index (Phi) is 8.78. The van der Waals surface area contributed by atoms with Gasteiger partial charge in [-0.25, -0.2) is 4.98 Å². The largest absolute Gasteiger partial charge is 0.349 e. The highest BCUT2D eigenvalue weighted by Crippen LogP contribution is 2.28. The number of benzene rings is 4. The minimum Gasteiger partial charge on any atom is -0.349 e. The standard InChI is InChI=1S/C34H30ClN5OS/c35-27-16-9-13-25(21-27)23-40-30-18-8-7-17-28(30)32-33(40)37-34(39-38-32)42-20-10-19-31(41)36-29(26-14-5-2-6-15-26)22-24-11-3-1-4-12-24/h1-9,11-18,21,29H,10,19-20,22-23H2,(H,36,41). The van der Waals surface area contributed by atoms with Crippen LogP contribution in [0.1, 0.15) is 35.6 Å². The highest BCUT2D eigenvalue weighted by molar-refractivity contribution is 7.99. The number of aromatic nitrogens is 4. The summed E-state index contributed by atoms with van der Waals surface area (Å²) >= 11 is 7.78. The quantitative estimate of drug-likeness (QED) is 0.124. The number of nitrogens with zero attached hydrogens (tertiary/aromatic N) is 4. The molecule has 0 radical (unpaired) electrons. The summed E-state index contributed by atoms with van der Waals surface area (Å²) in [5, 5.41) is 14.5. The number of halogens is 1. The molecule has 2 heterocycles. The van der Waals surface area contributed by atoms with Gasteiger partial charge < -0.3 is 9.88 Å². The van der Waals surface area contributed by atoms with E-state index in [2.05, 4.69) is 62.5 Å². The molecule has 6 nitrogen and oxygen atoms in total. The van der Waals surface area contributed by atoms with Crippen molar-refractivity contribution in [2.24, 2.45) is 0 Å². The number of rotatable bonds is 11. The third kappa shape index (κ3) is 6.64. The van der Waals surface area contributed by atoms with Gasteiger partial charge in [-0.15, -0.1) is 10.2 Å². The van der Waals surface area contributed by atoms with E-state index in [0.29, 0.717) is 35.3 Å². The fraction of sp³-hybridized carbons (Fsp3) is 0.176. The first kappa shape index (κ1) is 27.9. The lowest BCUT2D eigenvalue weighted by Gasteiger charge is -2.19. The minimum absolute atomic E-state index is 0.0385. The van der Waals surface area contributed by atoms with Gasteiger partial charge in [0.2, 0.25) is 11.1 Å². The molecule has 0 bridgehead atoms. The molecule has 6 rings (SSSR count). The maximum Gasteiger partial charge on any atom is 0.220 e. The van der Waals surface area contributed by atoms with Crippen LogP contribution in [-0.4, -0.2) is 31.4 Å². The summed E-state index contributed by atoms with van der Waals surface area (Å²) < 4.78 is 2.17. The molecule has 0 fully saturated rings. The lowest BCUT2D eigenvalue weighted by Crippen LogP contribution is -2.29. The Balaban J connectivity index is 1.11. The van der Waals surface area contributed by atoms with Gasteiger partial charge in [-0.1, -0.05) is 114 Å². The van der Waals surface area contributed by atoms with Crippen LogP contribution in [0.25, 0.3) is 22.1 Å². The Labute approximate surface area is 254 Å². The molecule has 0 saturated heterocycles. The normalized spacial score (nSPS) is 12.0. The molecule has 0 aliphatic carbocycles. The van der Waals surface area contributed by atoms with Crippen molar-refractivity contribution < 1.29 is 4.79 Å². The molecule has 0 saturated carbocycles. The Morgan fingerprint density at radius 3 is 2.40 bits per heavy atom. The van der Waals surface area contributed by atoms with E-state index < -0.39 is 0 Å². The Bertz CT molecular complexity index is 1810. The number of amides is 1. The number of hydrogen-bond acceptors (Lipinski definition) is 5. The van der Waals surface area contributed by atoms with E-state index in [1.54, 1.807) is 0 Å². The molecule has 1 N–H and O–H groups in total. The molecule has 1 atom stereocenters. The van der Waals surface area contributed by atoms with E-state index in [1.165, 1.54) is 17.3 Å². The average Bonchev–Trinajstić information content (AvgIpc) is 3.32. The molecule has 6 aromatic rings. The van der Waals surface area contributed by atoms with E-state index in [-0.39, 0.29) is 11.9 Å². The van der Waals surface area contributed by atoms with E-state index in [4.69, 9.17) is 16.6 Å². The van der Waals surface area contributed by atoms with E-state index in [1.807, 2.05) is 66.7 Å². The van der Waals surface area contributed by atoms with Crippen LogP contribution >= 0.6 is 23.4 Å². The number of nitrogens with one attached hydrogen (secondary N) is 1. The van der Waals surface area contributed by atoms with Gasteiger partial charge in [0.25, 0.3) is 0 Å². The summed E-state index contributed by atoms with van der Waals surface area (Å²) in [5.41, 5.74) is 6.00. The van der Waals surface area contributed by atoms with E-state index in [0.717, 1.165) is 39.6 Å². The van der Waals surface area contributed by atoms with Crippen LogP contribution < -0.4 is 5.32 Å². The fourth-order valence-electron chi connectivity index (χ4n) is 5.18. The molecule has 0 aliphatic heterocycles. The number of thioether (sulfide) groups is 1. The lowest BCUT2D eigenvalue weighted by molar-refractivity contribution is -0.121. The molecular formula is C34H30ClN5OS. The Hall–Kier alpha value is -4.20. The zero-order chi connectivity index (χ0) is 28.7. The first-order chi connectivity index (χ1) is 20.6. The maximum atomic E-state index is 13.0. The second kappa shape index (κ2) is 13.2. The topological polar surface area (TPSA) is 72.7 Å². The van der Waals surface area contributed by atoms with Gasteiger partial charge in [0.05, 0.1) is 11.6 Å². The first-order valence-electron chi connectivity index (χ1n) is 14.0. The van der Waals surface area contributed by atoms with Crippen LogP contribution in [0.2, 0.25) is 5.02 Å². The van der Waals surface area contributed by atoms with Crippen LogP contribution in [-0.2, 0) is 17.8 Å². The number of carbonyl (C=O) groups is 1. The molecule has 210 valence electrons. The third-order valence-corrected chi connectivity index (χ3v) is 8.34. The van der Waals surface area contributed by atoms with Gasteiger partial charge in [0.1, 0.15) is 5.52 Å². The van der Waals surface area contributed by atoms with Crippen molar-refractivity contribution in [1.29, 1.82) is 0 Å². The van der Waals surface area contributed by atoms with Gasteiger partial charge in [0.15, 0.2) is 5.65 Å². The number of hydrogen-bond donors (Lipinski definition) is 1. The highest BCUT2D eigenvalue weighted by atomic mass is 35.5. The van der Waals surface area contributed by atoms with Crippen molar-refractivity contribution in [3.8, 4) is 0 Å². The zero-order valence-electron chi connectivity index (χ0n) is 23.0. The summed E-state index contributed by atoms with van der Waals surface area (Å²) in [5.74, 6) is 0.751. The van der Waals surface area contributed by atoms with E-state index >= 15 is 0 Å². The molecular weight excluding hydrogens is 562 g/mol. The summed E-state index contributed by atoms with van der Waals surface area (Å²) in [6, 6.07) is 36.3. The first-order valence-corrected chi connectivity index (χ1v) is 15.4. The predicted molar refractivity (Wildman–Crippen MR) is 171 cm³/mol. The van der Waals surface area contributed by atoms with Gasteiger partial charge in [-0.05, 0) is 47.7 Å². The van der Waals surface area contributed by atoms with E-state index in [9.17, 15) is 4.79 Å². The maximum absolute atomic E-state index is 13.0. The van der Waals surface area contributed by atoms with Crippen molar-refractivity contribution in [2.75, 3.05) is 5.75 Å². The SMILES string of the molecule is O=C(CCCSc1nnc2c3ccccc3n(Cc3cccc(Cl)c3)c2n1)NC(Cc1ccccc1)c1ccccc1. The summed E-state index contributed by atoms with van der Waals surface area (Å²) in [4.78, 5) is 17.9. The summed E-state index contributed by atoms with van der Waals surface area (Å²) in [7, 11) is 0. The number of carbonyl (C=O) groups excluding carboxylic acids is 1. The molecule has 1 unspecified atom stereocenters.